The average Bonchev–Trinajstić information content (AvgIpc) is 2.37. The maximum atomic E-state index is 11.4. The van der Waals surface area contributed by atoms with E-state index in [1.54, 1.807) is 19.3 Å². The molecule has 0 fully saturated rings. The van der Waals surface area contributed by atoms with Crippen LogP contribution in [-0.4, -0.2) is 30.5 Å². The fourth-order valence-electron chi connectivity index (χ4n) is 1.38. The molecule has 0 saturated heterocycles. The summed E-state index contributed by atoms with van der Waals surface area (Å²) in [5, 5.41) is 5.86. The smallest absolute Gasteiger partial charge is 0.269 e. The van der Waals surface area contributed by atoms with Gasteiger partial charge in [0.1, 0.15) is 5.69 Å². The molecule has 17 heavy (non-hydrogen) atoms. The predicted octanol–water partition coefficient (Wildman–Crippen LogP) is 0.836. The summed E-state index contributed by atoms with van der Waals surface area (Å²) >= 11 is 0. The van der Waals surface area contributed by atoms with E-state index in [9.17, 15) is 4.79 Å². The summed E-state index contributed by atoms with van der Waals surface area (Å²) in [5.41, 5.74) is 6.90. The molecular formula is C12H20N4O. The molecule has 1 rings (SSSR count). The quantitative estimate of drug-likeness (QED) is 0.707. The topological polar surface area (TPSA) is 80.0 Å². The van der Waals surface area contributed by atoms with Gasteiger partial charge in [-0.15, -0.1) is 0 Å². The lowest BCUT2D eigenvalue weighted by Gasteiger charge is -2.21. The van der Waals surface area contributed by atoms with Gasteiger partial charge < -0.3 is 16.4 Å². The lowest BCUT2D eigenvalue weighted by molar-refractivity contribution is 0.0958. The van der Waals surface area contributed by atoms with Gasteiger partial charge in [0.05, 0.1) is 0 Å². The number of carbonyl (C=O) groups excluding carboxylic acids is 1. The van der Waals surface area contributed by atoms with E-state index in [-0.39, 0.29) is 11.9 Å². The van der Waals surface area contributed by atoms with E-state index in [2.05, 4.69) is 29.5 Å². The van der Waals surface area contributed by atoms with Crippen molar-refractivity contribution in [3.05, 3.63) is 24.0 Å². The first-order valence-electron chi connectivity index (χ1n) is 5.73. The normalized spacial score (nSPS) is 13.9. The van der Waals surface area contributed by atoms with E-state index < -0.39 is 0 Å². The Labute approximate surface area is 102 Å². The number of hydrogen-bond donors (Lipinski definition) is 3. The number of amides is 1. The Hall–Kier alpha value is -1.62. The second-order valence-electron chi connectivity index (χ2n) is 4.15. The zero-order chi connectivity index (χ0) is 12.8. The Morgan fingerprint density at radius 3 is 2.82 bits per heavy atom. The Morgan fingerprint density at radius 2 is 2.24 bits per heavy atom. The first-order chi connectivity index (χ1) is 8.08. The zero-order valence-electron chi connectivity index (χ0n) is 10.5. The second-order valence-corrected chi connectivity index (χ2v) is 4.15. The van der Waals surface area contributed by atoms with Gasteiger partial charge in [0, 0.05) is 25.0 Å². The minimum atomic E-state index is -0.187. The summed E-state index contributed by atoms with van der Waals surface area (Å²) in [7, 11) is 1.59. The van der Waals surface area contributed by atoms with E-state index in [1.807, 2.05) is 6.07 Å². The van der Waals surface area contributed by atoms with Crippen LogP contribution in [0.5, 0.6) is 0 Å². The number of anilines is 1. The third-order valence-corrected chi connectivity index (χ3v) is 2.84. The van der Waals surface area contributed by atoms with Gasteiger partial charge in [-0.3, -0.25) is 9.78 Å². The fourth-order valence-corrected chi connectivity index (χ4v) is 1.38. The molecule has 0 spiro atoms. The van der Waals surface area contributed by atoms with Crippen molar-refractivity contribution in [2.45, 2.75) is 19.9 Å². The van der Waals surface area contributed by atoms with E-state index >= 15 is 0 Å². The summed E-state index contributed by atoms with van der Waals surface area (Å²) in [4.78, 5) is 15.4. The summed E-state index contributed by atoms with van der Waals surface area (Å²) in [6.07, 6.45) is 1.62. The van der Waals surface area contributed by atoms with Crippen LogP contribution >= 0.6 is 0 Å². The molecule has 0 aliphatic carbocycles. The van der Waals surface area contributed by atoms with E-state index in [4.69, 9.17) is 5.73 Å². The van der Waals surface area contributed by atoms with Gasteiger partial charge in [-0.1, -0.05) is 6.92 Å². The van der Waals surface area contributed by atoms with Gasteiger partial charge >= 0.3 is 0 Å². The number of nitrogens with zero attached hydrogens (tertiary/aromatic N) is 1. The highest BCUT2D eigenvalue weighted by Crippen LogP contribution is 2.12. The molecule has 5 heteroatoms. The van der Waals surface area contributed by atoms with Gasteiger partial charge in [-0.25, -0.2) is 0 Å². The van der Waals surface area contributed by atoms with Crippen molar-refractivity contribution >= 4 is 11.6 Å². The van der Waals surface area contributed by atoms with Crippen LogP contribution < -0.4 is 16.4 Å². The molecule has 5 nitrogen and oxygen atoms in total. The van der Waals surface area contributed by atoms with Gasteiger partial charge in [-0.05, 0) is 31.5 Å². The third kappa shape index (κ3) is 3.71. The molecule has 0 aliphatic heterocycles. The molecule has 0 bridgehead atoms. The highest BCUT2D eigenvalue weighted by Gasteiger charge is 2.11. The molecular weight excluding hydrogens is 216 g/mol. The number of aromatic nitrogens is 1. The van der Waals surface area contributed by atoms with Crippen LogP contribution in [0.1, 0.15) is 24.3 Å². The standard InChI is InChI=1S/C12H20N4O/c1-8(7-13)9(2)16-10-4-5-15-11(6-10)12(17)14-3/h4-6,8-9H,7,13H2,1-3H3,(H,14,17)(H,15,16). The molecule has 0 aliphatic rings. The number of hydrogen-bond acceptors (Lipinski definition) is 4. The Bertz CT molecular complexity index is 381. The van der Waals surface area contributed by atoms with Gasteiger partial charge in [0.2, 0.25) is 0 Å². The van der Waals surface area contributed by atoms with Crippen LogP contribution in [0.25, 0.3) is 0 Å². The molecule has 2 unspecified atom stereocenters. The maximum Gasteiger partial charge on any atom is 0.269 e. The molecule has 0 saturated carbocycles. The summed E-state index contributed by atoms with van der Waals surface area (Å²) in [6.45, 7) is 4.78. The minimum absolute atomic E-state index is 0.187. The molecule has 4 N–H and O–H groups in total. The third-order valence-electron chi connectivity index (χ3n) is 2.84. The second kappa shape index (κ2) is 6.20. The summed E-state index contributed by atoms with van der Waals surface area (Å²) < 4.78 is 0. The molecule has 94 valence electrons. The van der Waals surface area contributed by atoms with E-state index in [1.165, 1.54) is 0 Å². The van der Waals surface area contributed by atoms with Gasteiger partial charge in [-0.2, -0.15) is 0 Å². The first kappa shape index (κ1) is 13.4. The fraction of sp³-hybridized carbons (Fsp3) is 0.500. The van der Waals surface area contributed by atoms with Crippen molar-refractivity contribution in [3.63, 3.8) is 0 Å². The van der Waals surface area contributed by atoms with Crippen LogP contribution in [0.3, 0.4) is 0 Å². The Morgan fingerprint density at radius 1 is 1.53 bits per heavy atom. The number of nitrogens with one attached hydrogen (secondary N) is 2. The highest BCUT2D eigenvalue weighted by atomic mass is 16.1. The summed E-state index contributed by atoms with van der Waals surface area (Å²) in [6, 6.07) is 3.82. The number of nitrogens with two attached hydrogens (primary N) is 1. The summed E-state index contributed by atoms with van der Waals surface area (Å²) in [5.74, 6) is 0.180. The monoisotopic (exact) mass is 236 g/mol. The maximum absolute atomic E-state index is 11.4. The van der Waals surface area contributed by atoms with E-state index in [0.29, 0.717) is 18.2 Å². The van der Waals surface area contributed by atoms with E-state index in [0.717, 1.165) is 5.69 Å². The van der Waals surface area contributed by atoms with Crippen molar-refractivity contribution in [1.29, 1.82) is 0 Å². The molecule has 1 aromatic heterocycles. The van der Waals surface area contributed by atoms with Crippen molar-refractivity contribution < 1.29 is 4.79 Å². The lowest BCUT2D eigenvalue weighted by atomic mass is 10.0. The molecule has 0 aromatic carbocycles. The predicted molar refractivity (Wildman–Crippen MR) is 68.9 cm³/mol. The first-order valence-corrected chi connectivity index (χ1v) is 5.73. The molecule has 1 amide bonds. The highest BCUT2D eigenvalue weighted by molar-refractivity contribution is 5.92. The molecule has 0 radical (unpaired) electrons. The van der Waals surface area contributed by atoms with Crippen molar-refractivity contribution in [2.24, 2.45) is 11.7 Å². The van der Waals surface area contributed by atoms with Crippen molar-refractivity contribution in [2.75, 3.05) is 18.9 Å². The SMILES string of the molecule is CNC(=O)c1cc(NC(C)C(C)CN)ccn1. The largest absolute Gasteiger partial charge is 0.382 e. The number of rotatable bonds is 5. The molecule has 1 aromatic rings. The number of carbonyl (C=O) groups is 1. The zero-order valence-corrected chi connectivity index (χ0v) is 10.5. The van der Waals surface area contributed by atoms with Crippen LogP contribution in [0, 0.1) is 5.92 Å². The van der Waals surface area contributed by atoms with Gasteiger partial charge in [0.15, 0.2) is 0 Å². The average molecular weight is 236 g/mol. The van der Waals surface area contributed by atoms with Crippen LogP contribution in [0.2, 0.25) is 0 Å². The van der Waals surface area contributed by atoms with Crippen LogP contribution in [-0.2, 0) is 0 Å². The minimum Gasteiger partial charge on any atom is -0.382 e. The Balaban J connectivity index is 2.75. The van der Waals surface area contributed by atoms with Crippen molar-refractivity contribution in [1.82, 2.24) is 10.3 Å². The van der Waals surface area contributed by atoms with Gasteiger partial charge in [0.25, 0.3) is 5.91 Å². The van der Waals surface area contributed by atoms with Crippen LogP contribution in [0.15, 0.2) is 18.3 Å². The molecule has 2 atom stereocenters. The van der Waals surface area contributed by atoms with Crippen molar-refractivity contribution in [3.8, 4) is 0 Å². The number of pyridine rings is 1. The lowest BCUT2D eigenvalue weighted by Crippen LogP contribution is -2.29. The molecule has 1 heterocycles. The Kier molecular flexibility index (Phi) is 4.90. The van der Waals surface area contributed by atoms with Crippen LogP contribution in [0.4, 0.5) is 5.69 Å².